The fourth-order valence-electron chi connectivity index (χ4n) is 5.80. The van der Waals surface area contributed by atoms with Crippen LogP contribution in [0.15, 0.2) is 146 Å². The number of fused-ring (bicyclic) bond motifs is 2. The fraction of sp³-hybridized carbons (Fsp3) is 0. The number of benzene rings is 6. The lowest BCUT2D eigenvalue weighted by molar-refractivity contribution is 0.487. The Morgan fingerprint density at radius 2 is 1.07 bits per heavy atom. The van der Waals surface area contributed by atoms with Gasteiger partial charge in [0.15, 0.2) is 5.82 Å². The van der Waals surface area contributed by atoms with Crippen LogP contribution in [0, 0.1) is 0 Å². The van der Waals surface area contributed by atoms with Crippen LogP contribution in [0.1, 0.15) is 0 Å². The third-order valence-electron chi connectivity index (χ3n) is 7.77. The Morgan fingerprint density at radius 3 is 1.85 bits per heavy atom. The SMILES string of the molecule is c1ccc(-c2ncc(-c3ccc(-c4ccc5c6c(cccc46)-c4ccccc4O5)cc3)c(-c3ccccc3)n2)cc1. The third kappa shape index (κ3) is 3.98. The first-order valence-electron chi connectivity index (χ1n) is 13.8. The molecule has 1 aliphatic heterocycles. The summed E-state index contributed by atoms with van der Waals surface area (Å²) in [6.07, 6.45) is 1.95. The molecule has 0 atom stereocenters. The Kier molecular flexibility index (Phi) is 5.46. The maximum absolute atomic E-state index is 6.30. The molecule has 1 aromatic heterocycles. The number of nitrogens with zero attached hydrogens (tertiary/aromatic N) is 2. The van der Waals surface area contributed by atoms with Crippen LogP contribution in [0.2, 0.25) is 0 Å². The molecule has 0 radical (unpaired) electrons. The number of hydrogen-bond acceptors (Lipinski definition) is 3. The zero-order chi connectivity index (χ0) is 27.2. The molecule has 6 aromatic carbocycles. The van der Waals surface area contributed by atoms with Gasteiger partial charge in [0.1, 0.15) is 11.5 Å². The van der Waals surface area contributed by atoms with Crippen molar-refractivity contribution >= 4 is 10.8 Å². The maximum Gasteiger partial charge on any atom is 0.159 e. The van der Waals surface area contributed by atoms with Crippen LogP contribution in [0.3, 0.4) is 0 Å². The molecule has 0 bridgehead atoms. The minimum atomic E-state index is 0.720. The van der Waals surface area contributed by atoms with Crippen molar-refractivity contribution in [2.75, 3.05) is 0 Å². The smallest absolute Gasteiger partial charge is 0.159 e. The topological polar surface area (TPSA) is 35.0 Å². The second-order valence-corrected chi connectivity index (χ2v) is 10.2. The Hall–Kier alpha value is -5.54. The van der Waals surface area contributed by atoms with E-state index in [0.717, 1.165) is 61.8 Å². The molecule has 0 unspecified atom stereocenters. The predicted molar refractivity (Wildman–Crippen MR) is 167 cm³/mol. The Morgan fingerprint density at radius 1 is 0.415 bits per heavy atom. The molecule has 8 rings (SSSR count). The zero-order valence-electron chi connectivity index (χ0n) is 22.2. The lowest BCUT2D eigenvalue weighted by Gasteiger charge is -2.22. The molecule has 0 aliphatic carbocycles. The van der Waals surface area contributed by atoms with Gasteiger partial charge in [-0.05, 0) is 39.8 Å². The van der Waals surface area contributed by atoms with E-state index < -0.39 is 0 Å². The fourth-order valence-corrected chi connectivity index (χ4v) is 5.80. The van der Waals surface area contributed by atoms with Gasteiger partial charge in [0.2, 0.25) is 0 Å². The second-order valence-electron chi connectivity index (χ2n) is 10.2. The van der Waals surface area contributed by atoms with Crippen LogP contribution in [0.4, 0.5) is 0 Å². The highest BCUT2D eigenvalue weighted by Crippen LogP contribution is 2.48. The van der Waals surface area contributed by atoms with Crippen LogP contribution in [0.5, 0.6) is 11.5 Å². The minimum Gasteiger partial charge on any atom is -0.456 e. The van der Waals surface area contributed by atoms with Gasteiger partial charge in [0, 0.05) is 33.8 Å². The average Bonchev–Trinajstić information content (AvgIpc) is 3.06. The molecule has 0 amide bonds. The Labute approximate surface area is 238 Å². The van der Waals surface area contributed by atoms with E-state index in [9.17, 15) is 0 Å². The van der Waals surface area contributed by atoms with E-state index in [4.69, 9.17) is 14.7 Å². The summed E-state index contributed by atoms with van der Waals surface area (Å²) in [5.41, 5.74) is 9.74. The predicted octanol–water partition coefficient (Wildman–Crippen LogP) is 10.1. The number of rotatable bonds is 4. The van der Waals surface area contributed by atoms with E-state index in [2.05, 4.69) is 78.9 Å². The van der Waals surface area contributed by atoms with Gasteiger partial charge in [-0.15, -0.1) is 0 Å². The third-order valence-corrected chi connectivity index (χ3v) is 7.77. The molecule has 1 aliphatic rings. The molecule has 0 saturated heterocycles. The average molecular weight is 525 g/mol. The largest absolute Gasteiger partial charge is 0.456 e. The van der Waals surface area contributed by atoms with Crippen molar-refractivity contribution in [3.63, 3.8) is 0 Å². The van der Waals surface area contributed by atoms with Gasteiger partial charge in [-0.25, -0.2) is 9.97 Å². The van der Waals surface area contributed by atoms with Crippen molar-refractivity contribution in [3.8, 4) is 67.5 Å². The zero-order valence-corrected chi connectivity index (χ0v) is 22.2. The Bertz CT molecular complexity index is 2050. The highest BCUT2D eigenvalue weighted by molar-refractivity contribution is 6.09. The lowest BCUT2D eigenvalue weighted by atomic mass is 9.90. The van der Waals surface area contributed by atoms with Crippen molar-refractivity contribution in [2.45, 2.75) is 0 Å². The molecule has 0 spiro atoms. The first-order valence-corrected chi connectivity index (χ1v) is 13.8. The molecule has 2 heterocycles. The molecular formula is C38H24N2O. The van der Waals surface area contributed by atoms with E-state index in [1.54, 1.807) is 0 Å². The molecule has 0 fully saturated rings. The molecule has 3 nitrogen and oxygen atoms in total. The Balaban J connectivity index is 1.23. The van der Waals surface area contributed by atoms with Gasteiger partial charge in [0.05, 0.1) is 5.69 Å². The van der Waals surface area contributed by atoms with Crippen LogP contribution >= 0.6 is 0 Å². The monoisotopic (exact) mass is 524 g/mol. The summed E-state index contributed by atoms with van der Waals surface area (Å²) in [5.74, 6) is 2.52. The van der Waals surface area contributed by atoms with Gasteiger partial charge >= 0.3 is 0 Å². The van der Waals surface area contributed by atoms with Crippen LogP contribution in [0.25, 0.3) is 66.8 Å². The quantitative estimate of drug-likeness (QED) is 0.230. The van der Waals surface area contributed by atoms with Gasteiger partial charge in [0.25, 0.3) is 0 Å². The second kappa shape index (κ2) is 9.58. The molecular weight excluding hydrogens is 500 g/mol. The standard InChI is InChI=1S/C38H24N2O/c1-3-10-27(11-4-1)37-33(24-39-38(40-37)28-12-5-2-6-13-28)26-20-18-25(19-21-26)29-22-23-35-36-31(29)15-9-16-32(36)30-14-7-8-17-34(30)41-35/h1-24H. The molecule has 41 heavy (non-hydrogen) atoms. The lowest BCUT2D eigenvalue weighted by Crippen LogP contribution is -1.97. The molecule has 192 valence electrons. The van der Waals surface area contributed by atoms with E-state index in [0.29, 0.717) is 0 Å². The van der Waals surface area contributed by atoms with Crippen molar-refractivity contribution < 1.29 is 4.74 Å². The van der Waals surface area contributed by atoms with Gasteiger partial charge < -0.3 is 4.74 Å². The molecule has 0 saturated carbocycles. The maximum atomic E-state index is 6.30. The summed E-state index contributed by atoms with van der Waals surface area (Å²) < 4.78 is 6.30. The minimum absolute atomic E-state index is 0.720. The van der Waals surface area contributed by atoms with Crippen molar-refractivity contribution in [1.29, 1.82) is 0 Å². The number of ether oxygens (including phenoxy) is 1. The summed E-state index contributed by atoms with van der Waals surface area (Å²) in [6, 6.07) is 48.2. The van der Waals surface area contributed by atoms with Crippen LogP contribution in [-0.2, 0) is 0 Å². The van der Waals surface area contributed by atoms with Crippen LogP contribution in [-0.4, -0.2) is 9.97 Å². The number of hydrogen-bond donors (Lipinski definition) is 0. The summed E-state index contributed by atoms with van der Waals surface area (Å²) in [7, 11) is 0. The summed E-state index contributed by atoms with van der Waals surface area (Å²) in [6.45, 7) is 0. The van der Waals surface area contributed by atoms with E-state index in [-0.39, 0.29) is 0 Å². The van der Waals surface area contributed by atoms with Crippen molar-refractivity contribution in [1.82, 2.24) is 9.97 Å². The van der Waals surface area contributed by atoms with E-state index >= 15 is 0 Å². The normalized spacial score (nSPS) is 11.6. The highest BCUT2D eigenvalue weighted by atomic mass is 16.5. The summed E-state index contributed by atoms with van der Waals surface area (Å²) in [5, 5.41) is 2.34. The van der Waals surface area contributed by atoms with Gasteiger partial charge in [-0.2, -0.15) is 0 Å². The van der Waals surface area contributed by atoms with Crippen molar-refractivity contribution in [3.05, 3.63) is 146 Å². The van der Waals surface area contributed by atoms with E-state index in [1.807, 2.05) is 66.9 Å². The number of aromatic nitrogens is 2. The van der Waals surface area contributed by atoms with Crippen molar-refractivity contribution in [2.24, 2.45) is 0 Å². The first-order chi connectivity index (χ1) is 20.3. The molecule has 7 aromatic rings. The summed E-state index contributed by atoms with van der Waals surface area (Å²) in [4.78, 5) is 9.80. The highest BCUT2D eigenvalue weighted by Gasteiger charge is 2.21. The first kappa shape index (κ1) is 23.4. The molecule has 3 heteroatoms. The van der Waals surface area contributed by atoms with Crippen LogP contribution < -0.4 is 4.74 Å². The molecule has 0 N–H and O–H groups in total. The summed E-state index contributed by atoms with van der Waals surface area (Å²) >= 11 is 0. The number of para-hydroxylation sites is 1. The van der Waals surface area contributed by atoms with Gasteiger partial charge in [-0.3, -0.25) is 0 Å². The van der Waals surface area contributed by atoms with Gasteiger partial charge in [-0.1, -0.05) is 127 Å². The van der Waals surface area contributed by atoms with E-state index in [1.165, 1.54) is 16.5 Å².